The Morgan fingerprint density at radius 1 is 1.34 bits per heavy atom. The number of nitrogen functional groups attached to an aromatic ring is 1. The number of halogens is 2. The minimum absolute atomic E-state index is 0.101. The van der Waals surface area contributed by atoms with Crippen LogP contribution in [0.2, 0.25) is 0 Å². The Hall–Kier alpha value is -3.14. The number of aromatic nitrogens is 3. The smallest absolute Gasteiger partial charge is 0.270 e. The zero-order valence-corrected chi connectivity index (χ0v) is 18.7. The number of hydrogen-bond donors (Lipinski definition) is 4. The van der Waals surface area contributed by atoms with E-state index in [9.17, 15) is 13.9 Å². The lowest BCUT2D eigenvalue weighted by Gasteiger charge is -2.24. The van der Waals surface area contributed by atoms with Crippen LogP contribution in [0.15, 0.2) is 36.7 Å². The molecule has 2 heterocycles. The fourth-order valence-electron chi connectivity index (χ4n) is 3.36. The van der Waals surface area contributed by atoms with Gasteiger partial charge in [0.1, 0.15) is 34.8 Å². The molecule has 0 aliphatic heterocycles. The molecule has 0 bridgehead atoms. The summed E-state index contributed by atoms with van der Waals surface area (Å²) in [5, 5.41) is 20.8. The molecule has 3 rings (SSSR count). The van der Waals surface area contributed by atoms with E-state index in [-0.39, 0.29) is 16.6 Å². The largest absolute Gasteiger partial charge is 0.401 e. The monoisotopic (exact) mass is 436 g/mol. The van der Waals surface area contributed by atoms with Crippen molar-refractivity contribution in [1.29, 1.82) is 5.41 Å². The zero-order valence-electron chi connectivity index (χ0n) is 18.7. The Morgan fingerprint density at radius 2 is 2.03 bits per heavy atom. The Balaban J connectivity index is 2.22. The highest BCUT2D eigenvalue weighted by molar-refractivity contribution is 6.59. The van der Waals surface area contributed by atoms with Crippen molar-refractivity contribution >= 4 is 46.9 Å². The molecule has 1 aromatic carbocycles. The van der Waals surface area contributed by atoms with Gasteiger partial charge in [0.25, 0.3) is 6.43 Å². The van der Waals surface area contributed by atoms with E-state index in [1.807, 2.05) is 30.5 Å². The number of aryl methyl sites for hydroxylation is 1. The Labute approximate surface area is 187 Å². The topological polar surface area (TPSA) is 112 Å². The number of rotatable bonds is 7. The molecular weight excluding hydrogens is 411 g/mol. The third-order valence-corrected chi connectivity index (χ3v) is 5.08. The highest BCUT2D eigenvalue weighted by Crippen LogP contribution is 2.33. The van der Waals surface area contributed by atoms with Crippen LogP contribution in [0.1, 0.15) is 23.7 Å². The van der Waals surface area contributed by atoms with E-state index in [1.54, 1.807) is 35.0 Å². The van der Waals surface area contributed by atoms with Gasteiger partial charge in [-0.2, -0.15) is 0 Å². The molecule has 0 fully saturated rings. The molecule has 12 heteroatoms. The fraction of sp³-hybridized carbons (Fsp3) is 0.250. The van der Waals surface area contributed by atoms with Crippen molar-refractivity contribution in [3.8, 4) is 11.3 Å². The number of aliphatic hydroxyl groups is 1. The van der Waals surface area contributed by atoms with E-state index in [0.29, 0.717) is 28.3 Å². The molecule has 32 heavy (non-hydrogen) atoms. The van der Waals surface area contributed by atoms with Gasteiger partial charge in [-0.25, -0.2) is 18.7 Å². The van der Waals surface area contributed by atoms with Gasteiger partial charge in [0.2, 0.25) is 0 Å². The van der Waals surface area contributed by atoms with Gasteiger partial charge in [-0.15, -0.1) is 0 Å². The average molecular weight is 436 g/mol. The van der Waals surface area contributed by atoms with Crippen LogP contribution in [0.3, 0.4) is 0 Å². The van der Waals surface area contributed by atoms with E-state index in [1.165, 1.54) is 6.07 Å². The van der Waals surface area contributed by atoms with Gasteiger partial charge in [-0.1, -0.05) is 12.1 Å². The molecule has 1 unspecified atom stereocenters. The second kappa shape index (κ2) is 8.42. The Morgan fingerprint density at radius 3 is 2.62 bits per heavy atom. The number of nitrogens with two attached hydrogens (primary N) is 1. The van der Waals surface area contributed by atoms with Gasteiger partial charge in [0.05, 0.1) is 17.6 Å². The van der Waals surface area contributed by atoms with Crippen LogP contribution >= 0.6 is 0 Å². The molecule has 0 aliphatic rings. The number of nitrogens with one attached hydrogen (secondary N) is 2. The third kappa shape index (κ3) is 4.55. The minimum Gasteiger partial charge on any atom is -0.401 e. The number of nitrogens with zero attached hydrogens (tertiary/aromatic N) is 3. The summed E-state index contributed by atoms with van der Waals surface area (Å²) < 4.78 is 28.5. The van der Waals surface area contributed by atoms with Gasteiger partial charge in [0.15, 0.2) is 11.5 Å². The molecule has 0 saturated carbocycles. The first kappa shape index (κ1) is 23.5. The molecule has 0 saturated heterocycles. The summed E-state index contributed by atoms with van der Waals surface area (Å²) >= 11 is 0. The summed E-state index contributed by atoms with van der Waals surface area (Å²) in [6.07, 6.45) is 3.13. The normalized spacial score (nSPS) is 14.5. The van der Waals surface area contributed by atoms with Crippen LogP contribution in [0.25, 0.3) is 22.6 Å². The molecule has 7 nitrogen and oxygen atoms in total. The van der Waals surface area contributed by atoms with Crippen molar-refractivity contribution in [2.75, 3.05) is 5.73 Å². The lowest BCUT2D eigenvalue weighted by molar-refractivity contribution is -0.0883. The van der Waals surface area contributed by atoms with Crippen LogP contribution in [0, 0.1) is 12.3 Å². The molecule has 0 radical (unpaired) electrons. The molecule has 0 aliphatic carbocycles. The standard InChI is InChI=1S/C20H25B3F2N6O/c1-10-3-4-11(19(2,32)18(24)25)7-12(10)15-8-28-17-16(27)29-14(9-31(15)17)13(5-6-26)30-20(21,22)23/h3-9,18,26,30,32H,21-23H2,1-2H3,(H2,27,29)/b13-5-,26-6?. The predicted octanol–water partition coefficient (Wildman–Crippen LogP) is -0.150. The first-order valence-electron chi connectivity index (χ1n) is 10.1. The number of fused-ring (bicyclic) bond motifs is 1. The predicted molar refractivity (Wildman–Crippen MR) is 131 cm³/mol. The van der Waals surface area contributed by atoms with Crippen LogP contribution in [-0.4, -0.2) is 60.9 Å². The van der Waals surface area contributed by atoms with Crippen molar-refractivity contribution in [2.24, 2.45) is 0 Å². The van der Waals surface area contributed by atoms with Crippen LogP contribution < -0.4 is 11.1 Å². The number of allylic oxidation sites excluding steroid dienone is 1. The lowest BCUT2D eigenvalue weighted by Crippen LogP contribution is -2.46. The number of imidazole rings is 1. The summed E-state index contributed by atoms with van der Waals surface area (Å²) in [4.78, 5) is 8.80. The fourth-order valence-corrected chi connectivity index (χ4v) is 3.36. The molecule has 3 aromatic rings. The molecule has 164 valence electrons. The van der Waals surface area contributed by atoms with E-state index in [4.69, 9.17) is 11.1 Å². The van der Waals surface area contributed by atoms with Gasteiger partial charge in [-0.3, -0.25) is 4.40 Å². The van der Waals surface area contributed by atoms with Gasteiger partial charge < -0.3 is 21.6 Å². The second-order valence-electron chi connectivity index (χ2n) is 8.95. The Bertz CT molecular complexity index is 1200. The maximum Gasteiger partial charge on any atom is 0.270 e. The van der Waals surface area contributed by atoms with Crippen molar-refractivity contribution in [3.05, 3.63) is 53.5 Å². The van der Waals surface area contributed by atoms with Crippen LogP contribution in [0.5, 0.6) is 0 Å². The summed E-state index contributed by atoms with van der Waals surface area (Å²) in [6, 6.07) is 4.73. The van der Waals surface area contributed by atoms with Crippen molar-refractivity contribution in [2.45, 2.75) is 31.1 Å². The van der Waals surface area contributed by atoms with Gasteiger partial charge in [-0.05, 0) is 42.4 Å². The van der Waals surface area contributed by atoms with Gasteiger partial charge in [0, 0.05) is 18.0 Å². The summed E-state index contributed by atoms with van der Waals surface area (Å²) in [5.74, 6) is 0.189. The lowest BCUT2D eigenvalue weighted by atomic mass is 9.49. The SMILES string of the molecule is BC(B)(B)N/C(=C\C=N)c1cn2c(-c3cc(C(C)(O)C(F)F)ccc3C)cnc2c(N)n1. The highest BCUT2D eigenvalue weighted by Gasteiger charge is 2.34. The van der Waals surface area contributed by atoms with Crippen molar-refractivity contribution in [3.63, 3.8) is 0 Å². The van der Waals surface area contributed by atoms with Crippen LogP contribution in [0.4, 0.5) is 14.6 Å². The maximum atomic E-state index is 13.4. The quantitative estimate of drug-likeness (QED) is 0.304. The second-order valence-corrected chi connectivity index (χ2v) is 8.95. The Kier molecular flexibility index (Phi) is 6.19. The molecule has 1 atom stereocenters. The summed E-state index contributed by atoms with van der Waals surface area (Å²) in [6.45, 7) is 2.94. The molecule has 2 aromatic heterocycles. The molecule has 0 spiro atoms. The van der Waals surface area contributed by atoms with E-state index < -0.39 is 12.0 Å². The number of alkyl halides is 2. The average Bonchev–Trinajstić information content (AvgIpc) is 3.11. The number of benzene rings is 1. The number of anilines is 1. The first-order valence-corrected chi connectivity index (χ1v) is 10.1. The minimum atomic E-state index is -2.94. The summed E-state index contributed by atoms with van der Waals surface area (Å²) in [5.41, 5.74) is 7.58. The molecule has 0 amide bonds. The zero-order chi connectivity index (χ0) is 23.8. The number of hydrogen-bond acceptors (Lipinski definition) is 6. The maximum absolute atomic E-state index is 13.4. The first-order chi connectivity index (χ1) is 14.8. The van der Waals surface area contributed by atoms with Crippen molar-refractivity contribution < 1.29 is 13.9 Å². The van der Waals surface area contributed by atoms with Crippen LogP contribution in [-0.2, 0) is 5.60 Å². The van der Waals surface area contributed by atoms with E-state index >= 15 is 0 Å². The molecular formula is C20H25B3F2N6O. The highest BCUT2D eigenvalue weighted by atomic mass is 19.3. The third-order valence-electron chi connectivity index (χ3n) is 5.08. The summed E-state index contributed by atoms with van der Waals surface area (Å²) in [7, 11) is 5.96. The van der Waals surface area contributed by atoms with E-state index in [0.717, 1.165) is 18.7 Å². The van der Waals surface area contributed by atoms with E-state index in [2.05, 4.69) is 15.3 Å². The molecule has 5 N–H and O–H groups in total. The van der Waals surface area contributed by atoms with Gasteiger partial charge >= 0.3 is 0 Å². The van der Waals surface area contributed by atoms with Crippen molar-refractivity contribution in [1.82, 2.24) is 19.7 Å².